The lowest BCUT2D eigenvalue weighted by molar-refractivity contribution is -0.146. The summed E-state index contributed by atoms with van der Waals surface area (Å²) < 4.78 is 10.3. The molecule has 3 N–H and O–H groups in total. The van der Waals surface area contributed by atoms with Crippen LogP contribution in [0.1, 0.15) is 35.6 Å². The largest absolute Gasteiger partial charge is 0.452 e. The van der Waals surface area contributed by atoms with E-state index in [1.165, 1.54) is 0 Å². The fraction of sp³-hybridized carbons (Fsp3) is 0.231. The monoisotopic (exact) mass is 513 g/mol. The van der Waals surface area contributed by atoms with Crippen LogP contribution in [0, 0.1) is 0 Å². The average Bonchev–Trinajstić information content (AvgIpc) is 2.86. The summed E-state index contributed by atoms with van der Waals surface area (Å²) >= 11 is 3.33. The summed E-state index contributed by atoms with van der Waals surface area (Å²) in [6, 6.07) is 28.7. The summed E-state index contributed by atoms with van der Waals surface area (Å²) in [5.41, 5.74) is 7.58. The zero-order chi connectivity index (χ0) is 23.9. The van der Waals surface area contributed by atoms with Crippen molar-refractivity contribution < 1.29 is 24.2 Å². The molecule has 0 aliphatic heterocycles. The molecule has 0 aliphatic carbocycles. The lowest BCUT2D eigenvalue weighted by Crippen LogP contribution is -2.21. The van der Waals surface area contributed by atoms with Gasteiger partial charge in [0.15, 0.2) is 6.10 Å². The van der Waals surface area contributed by atoms with E-state index in [4.69, 9.17) is 15.6 Å². The Morgan fingerprint density at radius 2 is 1.33 bits per heavy atom. The molecule has 0 aliphatic rings. The van der Waals surface area contributed by atoms with Gasteiger partial charge in [0.2, 0.25) is 0 Å². The summed E-state index contributed by atoms with van der Waals surface area (Å²) in [7, 11) is 0. The first kappa shape index (κ1) is 26.1. The van der Waals surface area contributed by atoms with Gasteiger partial charge < -0.3 is 20.3 Å². The first-order valence-corrected chi connectivity index (χ1v) is 11.4. The summed E-state index contributed by atoms with van der Waals surface area (Å²) in [5, 5.41) is 8.86. The van der Waals surface area contributed by atoms with Gasteiger partial charge in [0.05, 0.1) is 0 Å². The van der Waals surface area contributed by atoms with Crippen LogP contribution in [0.5, 0.6) is 0 Å². The van der Waals surface area contributed by atoms with E-state index in [-0.39, 0.29) is 19.2 Å². The van der Waals surface area contributed by atoms with Crippen molar-refractivity contribution in [3.8, 4) is 0 Å². The van der Waals surface area contributed by atoms with Crippen molar-refractivity contribution in [2.45, 2.75) is 30.4 Å². The van der Waals surface area contributed by atoms with E-state index < -0.39 is 17.0 Å². The summed E-state index contributed by atoms with van der Waals surface area (Å²) in [6.07, 6.45) is -0.0595. The standard InChI is InChI=1S/C18H19BrO3.C8H9NO2/c19-16(12-7-13-20)18(21)22-17(14-8-3-1-4-9-14)15-10-5-2-6-11-15;9-8(10)11-6-7-4-2-1-3-5-7/h1-6,8-11,16-17,20H,7,12-13H2;1-5H,6H2,(H2,9,10). The van der Waals surface area contributed by atoms with Crippen LogP contribution < -0.4 is 5.73 Å². The predicted molar refractivity (Wildman–Crippen MR) is 131 cm³/mol. The van der Waals surface area contributed by atoms with Crippen molar-refractivity contribution >= 4 is 28.0 Å². The Hall–Kier alpha value is -3.16. The molecule has 6 nitrogen and oxygen atoms in total. The Balaban J connectivity index is 0.000000294. The number of ether oxygens (including phenoxy) is 2. The third-order valence-electron chi connectivity index (χ3n) is 4.53. The number of carbonyl (C=O) groups excluding carboxylic acids is 2. The Kier molecular flexibility index (Phi) is 11.7. The number of nitrogens with two attached hydrogens (primary N) is 1. The first-order chi connectivity index (χ1) is 16.0. The SMILES string of the molecule is NC(=O)OCc1ccccc1.O=C(OC(c1ccccc1)c1ccccc1)C(Br)CCCO. The predicted octanol–water partition coefficient (Wildman–Crippen LogP) is 5.14. The average molecular weight is 514 g/mol. The molecule has 3 aromatic rings. The van der Waals surface area contributed by atoms with Crippen LogP contribution in [0.4, 0.5) is 4.79 Å². The van der Waals surface area contributed by atoms with E-state index in [1.54, 1.807) is 0 Å². The number of rotatable bonds is 9. The van der Waals surface area contributed by atoms with Crippen LogP contribution in [0.3, 0.4) is 0 Å². The van der Waals surface area contributed by atoms with E-state index in [0.717, 1.165) is 16.7 Å². The van der Waals surface area contributed by atoms with Gasteiger partial charge in [0.25, 0.3) is 0 Å². The maximum Gasteiger partial charge on any atom is 0.404 e. The van der Waals surface area contributed by atoms with E-state index in [1.807, 2.05) is 91.0 Å². The molecule has 1 amide bonds. The quantitative estimate of drug-likeness (QED) is 0.305. The highest BCUT2D eigenvalue weighted by Gasteiger charge is 2.23. The number of hydrogen-bond donors (Lipinski definition) is 2. The van der Waals surface area contributed by atoms with Crippen molar-refractivity contribution in [2.24, 2.45) is 5.73 Å². The van der Waals surface area contributed by atoms with Crippen LogP contribution in [0.15, 0.2) is 91.0 Å². The molecule has 1 unspecified atom stereocenters. The molecule has 0 saturated heterocycles. The van der Waals surface area contributed by atoms with E-state index >= 15 is 0 Å². The molecule has 174 valence electrons. The minimum absolute atomic E-state index is 0.0657. The zero-order valence-corrected chi connectivity index (χ0v) is 19.8. The molecule has 3 rings (SSSR count). The van der Waals surface area contributed by atoms with Crippen LogP contribution in [0.2, 0.25) is 0 Å². The fourth-order valence-electron chi connectivity index (χ4n) is 2.89. The molecule has 0 bridgehead atoms. The molecule has 0 spiro atoms. The summed E-state index contributed by atoms with van der Waals surface area (Å²) in [5.74, 6) is -0.314. The van der Waals surface area contributed by atoms with Gasteiger partial charge in [-0.15, -0.1) is 0 Å². The molecule has 7 heteroatoms. The summed E-state index contributed by atoms with van der Waals surface area (Å²) in [6.45, 7) is 0.312. The van der Waals surface area contributed by atoms with Crippen LogP contribution in [0.25, 0.3) is 0 Å². The van der Waals surface area contributed by atoms with Crippen molar-refractivity contribution in [3.63, 3.8) is 0 Å². The number of aliphatic hydroxyl groups is 1. The highest BCUT2D eigenvalue weighted by Crippen LogP contribution is 2.27. The smallest absolute Gasteiger partial charge is 0.404 e. The Morgan fingerprint density at radius 1 is 0.848 bits per heavy atom. The minimum Gasteiger partial charge on any atom is -0.452 e. The van der Waals surface area contributed by atoms with E-state index in [2.05, 4.69) is 20.7 Å². The van der Waals surface area contributed by atoms with Gasteiger partial charge in [-0.2, -0.15) is 0 Å². The van der Waals surface area contributed by atoms with Gasteiger partial charge >= 0.3 is 12.1 Å². The molecule has 3 aromatic carbocycles. The Labute approximate surface area is 202 Å². The number of carbonyl (C=O) groups is 2. The molecule has 1 atom stereocenters. The highest BCUT2D eigenvalue weighted by molar-refractivity contribution is 9.10. The lowest BCUT2D eigenvalue weighted by atomic mass is 10.0. The lowest BCUT2D eigenvalue weighted by Gasteiger charge is -2.20. The number of amides is 1. The Morgan fingerprint density at radius 3 is 1.79 bits per heavy atom. The van der Waals surface area contributed by atoms with Crippen LogP contribution in [-0.4, -0.2) is 28.6 Å². The molecule has 0 aromatic heterocycles. The maximum atomic E-state index is 12.3. The maximum absolute atomic E-state index is 12.3. The topological polar surface area (TPSA) is 98.9 Å². The Bertz CT molecular complexity index is 915. The number of halogens is 1. The molecule has 33 heavy (non-hydrogen) atoms. The number of benzene rings is 3. The third-order valence-corrected chi connectivity index (χ3v) is 5.37. The molecule has 0 heterocycles. The van der Waals surface area contributed by atoms with Gasteiger partial charge in [-0.25, -0.2) is 4.79 Å². The fourth-order valence-corrected chi connectivity index (χ4v) is 3.32. The minimum atomic E-state index is -0.742. The number of aliphatic hydroxyl groups excluding tert-OH is 1. The number of alkyl halides is 1. The zero-order valence-electron chi connectivity index (χ0n) is 18.2. The van der Waals surface area contributed by atoms with Crippen molar-refractivity contribution in [2.75, 3.05) is 6.61 Å². The molecule has 0 saturated carbocycles. The van der Waals surface area contributed by atoms with Gasteiger partial charge in [0, 0.05) is 6.61 Å². The van der Waals surface area contributed by atoms with Crippen molar-refractivity contribution in [1.29, 1.82) is 0 Å². The number of hydrogen-bond acceptors (Lipinski definition) is 5. The molecule has 0 fully saturated rings. The van der Waals surface area contributed by atoms with Gasteiger partial charge in [-0.3, -0.25) is 4.79 Å². The molecular weight excluding hydrogens is 486 g/mol. The highest BCUT2D eigenvalue weighted by atomic mass is 79.9. The second kappa shape index (κ2) is 14.8. The normalized spacial score (nSPS) is 11.1. The van der Waals surface area contributed by atoms with E-state index in [0.29, 0.717) is 12.8 Å². The first-order valence-electron chi connectivity index (χ1n) is 10.5. The third kappa shape index (κ3) is 9.89. The summed E-state index contributed by atoms with van der Waals surface area (Å²) in [4.78, 5) is 22.0. The van der Waals surface area contributed by atoms with Crippen LogP contribution in [-0.2, 0) is 20.9 Å². The molecule has 0 radical (unpaired) electrons. The second-order valence-electron chi connectivity index (χ2n) is 7.06. The number of esters is 1. The van der Waals surface area contributed by atoms with Gasteiger partial charge in [-0.05, 0) is 29.5 Å². The molecular formula is C26H28BrNO5. The van der Waals surface area contributed by atoms with Crippen molar-refractivity contribution in [1.82, 2.24) is 0 Å². The number of primary amides is 1. The van der Waals surface area contributed by atoms with E-state index in [9.17, 15) is 9.59 Å². The van der Waals surface area contributed by atoms with Gasteiger partial charge in [0.1, 0.15) is 11.4 Å². The van der Waals surface area contributed by atoms with Crippen molar-refractivity contribution in [3.05, 3.63) is 108 Å². The van der Waals surface area contributed by atoms with Crippen LogP contribution >= 0.6 is 15.9 Å². The second-order valence-corrected chi connectivity index (χ2v) is 8.17. The van der Waals surface area contributed by atoms with Gasteiger partial charge in [-0.1, -0.05) is 107 Å².